The van der Waals surface area contributed by atoms with Gasteiger partial charge in [0.25, 0.3) is 0 Å². The minimum atomic E-state index is -0.693. The van der Waals surface area contributed by atoms with Crippen LogP contribution in [-0.2, 0) is 6.42 Å². The Labute approximate surface area is 122 Å². The molecule has 100 valence electrons. The molecule has 1 unspecified atom stereocenters. The molecule has 0 heterocycles. The normalized spacial score (nSPS) is 12.2. The molecule has 0 fully saturated rings. The van der Waals surface area contributed by atoms with Crippen molar-refractivity contribution in [3.05, 3.63) is 63.6 Å². The summed E-state index contributed by atoms with van der Waals surface area (Å²) in [6.07, 6.45) is -0.297. The first-order chi connectivity index (χ1) is 9.11. The predicted octanol–water partition coefficient (Wildman–Crippen LogP) is 4.28. The molecule has 0 aliphatic heterocycles. The molecule has 0 radical (unpaired) electrons. The van der Waals surface area contributed by atoms with Crippen molar-refractivity contribution >= 4 is 23.2 Å². The average Bonchev–Trinajstić information content (AvgIpc) is 2.39. The summed E-state index contributed by atoms with van der Waals surface area (Å²) in [7, 11) is 1.59. The molecule has 2 rings (SSSR count). The third kappa shape index (κ3) is 3.41. The number of ether oxygens (including phenoxy) is 1. The van der Waals surface area contributed by atoms with Crippen LogP contribution in [0.3, 0.4) is 0 Å². The van der Waals surface area contributed by atoms with Crippen LogP contribution >= 0.6 is 23.2 Å². The monoisotopic (exact) mass is 296 g/mol. The molecule has 0 aliphatic rings. The summed E-state index contributed by atoms with van der Waals surface area (Å²) in [6.45, 7) is 0. The highest BCUT2D eigenvalue weighted by Gasteiger charge is 2.14. The van der Waals surface area contributed by atoms with Gasteiger partial charge in [0, 0.05) is 16.5 Å². The fourth-order valence-electron chi connectivity index (χ4n) is 1.97. The predicted molar refractivity (Wildman–Crippen MR) is 78.1 cm³/mol. The van der Waals surface area contributed by atoms with E-state index >= 15 is 0 Å². The Hall–Kier alpha value is -1.22. The van der Waals surface area contributed by atoms with E-state index in [0.29, 0.717) is 27.8 Å². The lowest BCUT2D eigenvalue weighted by molar-refractivity contribution is 0.177. The number of benzene rings is 2. The summed E-state index contributed by atoms with van der Waals surface area (Å²) in [5.41, 5.74) is 1.55. The molecule has 0 bridgehead atoms. The van der Waals surface area contributed by atoms with Crippen molar-refractivity contribution < 1.29 is 9.84 Å². The number of rotatable bonds is 4. The lowest BCUT2D eigenvalue weighted by atomic mass is 10.0. The van der Waals surface area contributed by atoms with E-state index in [9.17, 15) is 5.11 Å². The zero-order valence-electron chi connectivity index (χ0n) is 10.4. The van der Waals surface area contributed by atoms with Crippen molar-refractivity contribution in [2.24, 2.45) is 0 Å². The summed E-state index contributed by atoms with van der Waals surface area (Å²) in [4.78, 5) is 0. The van der Waals surface area contributed by atoms with Crippen LogP contribution in [0.2, 0.25) is 10.0 Å². The lowest BCUT2D eigenvalue weighted by Gasteiger charge is -2.15. The van der Waals surface area contributed by atoms with E-state index in [-0.39, 0.29) is 0 Å². The van der Waals surface area contributed by atoms with Crippen LogP contribution in [0.25, 0.3) is 0 Å². The Morgan fingerprint density at radius 1 is 1.16 bits per heavy atom. The lowest BCUT2D eigenvalue weighted by Crippen LogP contribution is -2.04. The van der Waals surface area contributed by atoms with E-state index in [2.05, 4.69) is 0 Å². The minimum Gasteiger partial charge on any atom is -0.496 e. The number of hydrogen-bond acceptors (Lipinski definition) is 2. The first-order valence-corrected chi connectivity index (χ1v) is 6.62. The third-order valence-corrected chi connectivity index (χ3v) is 3.50. The molecular weight excluding hydrogens is 283 g/mol. The maximum absolute atomic E-state index is 10.3. The number of methoxy groups -OCH3 is 1. The Kier molecular flexibility index (Phi) is 4.70. The van der Waals surface area contributed by atoms with Gasteiger partial charge in [-0.25, -0.2) is 0 Å². The maximum atomic E-state index is 10.3. The molecule has 0 saturated heterocycles. The summed E-state index contributed by atoms with van der Waals surface area (Å²) in [5, 5.41) is 11.4. The highest BCUT2D eigenvalue weighted by Crippen LogP contribution is 2.30. The van der Waals surface area contributed by atoms with Crippen molar-refractivity contribution in [1.82, 2.24) is 0 Å². The third-order valence-electron chi connectivity index (χ3n) is 2.92. The summed E-state index contributed by atoms with van der Waals surface area (Å²) >= 11 is 12.0. The molecule has 0 amide bonds. The molecule has 4 heteroatoms. The van der Waals surface area contributed by atoms with Crippen LogP contribution in [0.1, 0.15) is 17.2 Å². The first-order valence-electron chi connectivity index (χ1n) is 5.86. The van der Waals surface area contributed by atoms with Crippen molar-refractivity contribution in [3.63, 3.8) is 0 Å². The van der Waals surface area contributed by atoms with Gasteiger partial charge in [-0.1, -0.05) is 41.4 Å². The van der Waals surface area contributed by atoms with Gasteiger partial charge in [0.15, 0.2) is 0 Å². The quantitative estimate of drug-likeness (QED) is 0.912. The Morgan fingerprint density at radius 2 is 1.89 bits per heavy atom. The van der Waals surface area contributed by atoms with Gasteiger partial charge in [-0.2, -0.15) is 0 Å². The fraction of sp³-hybridized carbons (Fsp3) is 0.200. The second-order valence-electron chi connectivity index (χ2n) is 4.20. The molecule has 2 aromatic carbocycles. The van der Waals surface area contributed by atoms with Crippen molar-refractivity contribution in [2.75, 3.05) is 7.11 Å². The zero-order valence-corrected chi connectivity index (χ0v) is 11.9. The molecule has 0 aromatic heterocycles. The van der Waals surface area contributed by atoms with Crippen LogP contribution < -0.4 is 4.74 Å². The highest BCUT2D eigenvalue weighted by atomic mass is 35.5. The molecule has 19 heavy (non-hydrogen) atoms. The Balaban J connectivity index is 2.26. The largest absolute Gasteiger partial charge is 0.496 e. The van der Waals surface area contributed by atoms with Crippen LogP contribution in [0, 0.1) is 0 Å². The van der Waals surface area contributed by atoms with Gasteiger partial charge in [0.05, 0.1) is 13.2 Å². The van der Waals surface area contributed by atoms with Crippen LogP contribution in [-0.4, -0.2) is 12.2 Å². The summed E-state index contributed by atoms with van der Waals surface area (Å²) in [5.74, 6) is 0.704. The molecule has 0 spiro atoms. The second-order valence-corrected chi connectivity index (χ2v) is 5.04. The molecule has 1 atom stereocenters. The molecule has 2 nitrogen and oxygen atoms in total. The Morgan fingerprint density at radius 3 is 2.58 bits per heavy atom. The fourth-order valence-corrected chi connectivity index (χ4v) is 2.43. The standard InChI is InChI=1S/C15H14Cl2O2/c1-19-15-7-6-11(16)8-10(15)9-14(18)12-4-2-3-5-13(12)17/h2-8,14,18H,9H2,1H3. The van der Waals surface area contributed by atoms with Crippen LogP contribution in [0.5, 0.6) is 5.75 Å². The number of aliphatic hydroxyl groups excluding tert-OH is 1. The molecule has 1 N–H and O–H groups in total. The van der Waals surface area contributed by atoms with E-state index in [1.54, 1.807) is 31.4 Å². The summed E-state index contributed by atoms with van der Waals surface area (Å²) in [6, 6.07) is 12.6. The molecule has 0 saturated carbocycles. The number of aliphatic hydroxyl groups is 1. The van der Waals surface area contributed by atoms with Crippen molar-refractivity contribution in [1.29, 1.82) is 0 Å². The number of halogens is 2. The van der Waals surface area contributed by atoms with E-state index < -0.39 is 6.10 Å². The van der Waals surface area contributed by atoms with Gasteiger partial charge in [-0.05, 0) is 35.4 Å². The first kappa shape index (κ1) is 14.2. The molecule has 2 aromatic rings. The van der Waals surface area contributed by atoms with Gasteiger partial charge in [0.1, 0.15) is 5.75 Å². The zero-order chi connectivity index (χ0) is 13.8. The van der Waals surface area contributed by atoms with E-state index in [4.69, 9.17) is 27.9 Å². The van der Waals surface area contributed by atoms with Crippen LogP contribution in [0.15, 0.2) is 42.5 Å². The van der Waals surface area contributed by atoms with Gasteiger partial charge < -0.3 is 9.84 Å². The van der Waals surface area contributed by atoms with Gasteiger partial charge in [-0.15, -0.1) is 0 Å². The van der Waals surface area contributed by atoms with E-state index in [0.717, 1.165) is 5.56 Å². The van der Waals surface area contributed by atoms with E-state index in [1.807, 2.05) is 18.2 Å². The topological polar surface area (TPSA) is 29.5 Å². The van der Waals surface area contributed by atoms with E-state index in [1.165, 1.54) is 0 Å². The molecule has 0 aliphatic carbocycles. The van der Waals surface area contributed by atoms with Crippen LogP contribution in [0.4, 0.5) is 0 Å². The summed E-state index contributed by atoms with van der Waals surface area (Å²) < 4.78 is 5.26. The maximum Gasteiger partial charge on any atom is 0.122 e. The Bertz CT molecular complexity index is 570. The average molecular weight is 297 g/mol. The van der Waals surface area contributed by atoms with Crippen molar-refractivity contribution in [3.8, 4) is 5.75 Å². The van der Waals surface area contributed by atoms with Gasteiger partial charge in [-0.3, -0.25) is 0 Å². The SMILES string of the molecule is COc1ccc(Cl)cc1CC(O)c1ccccc1Cl. The number of hydrogen-bond donors (Lipinski definition) is 1. The second kappa shape index (κ2) is 6.29. The smallest absolute Gasteiger partial charge is 0.122 e. The molecular formula is C15H14Cl2O2. The van der Waals surface area contributed by atoms with Crippen molar-refractivity contribution in [2.45, 2.75) is 12.5 Å². The van der Waals surface area contributed by atoms with Gasteiger partial charge >= 0.3 is 0 Å². The highest BCUT2D eigenvalue weighted by molar-refractivity contribution is 6.31. The minimum absolute atomic E-state index is 0.396. The van der Waals surface area contributed by atoms with Gasteiger partial charge in [0.2, 0.25) is 0 Å².